The minimum atomic E-state index is -0.333. The third-order valence-electron chi connectivity index (χ3n) is 3.21. The normalized spacial score (nSPS) is 18.9. The van der Waals surface area contributed by atoms with Crippen molar-refractivity contribution >= 4 is 28.9 Å². The van der Waals surface area contributed by atoms with Crippen molar-refractivity contribution in [3.05, 3.63) is 15.8 Å². The van der Waals surface area contributed by atoms with Gasteiger partial charge in [-0.15, -0.1) is 11.3 Å². The Hall–Kier alpha value is -1.60. The molecule has 2 heterocycles. The van der Waals surface area contributed by atoms with E-state index < -0.39 is 0 Å². The van der Waals surface area contributed by atoms with Crippen LogP contribution in [0.3, 0.4) is 0 Å². The fourth-order valence-electron chi connectivity index (χ4n) is 2.05. The zero-order valence-electron chi connectivity index (χ0n) is 11.5. The summed E-state index contributed by atoms with van der Waals surface area (Å²) < 4.78 is 10.1. The van der Waals surface area contributed by atoms with Gasteiger partial charge >= 0.3 is 5.97 Å². The van der Waals surface area contributed by atoms with E-state index in [2.05, 4.69) is 4.74 Å². The molecule has 0 aromatic carbocycles. The topological polar surface area (TPSA) is 81.9 Å². The Bertz CT molecular complexity index is 495. The highest BCUT2D eigenvalue weighted by Crippen LogP contribution is 2.25. The summed E-state index contributed by atoms with van der Waals surface area (Å²) in [6.45, 7) is 3.22. The average Bonchev–Trinajstić information content (AvgIpc) is 2.78. The van der Waals surface area contributed by atoms with E-state index in [9.17, 15) is 9.59 Å². The predicted molar refractivity (Wildman–Crippen MR) is 75.7 cm³/mol. The average molecular weight is 298 g/mol. The van der Waals surface area contributed by atoms with Crippen molar-refractivity contribution in [3.63, 3.8) is 0 Å². The number of morpholine rings is 1. The number of esters is 1. The summed E-state index contributed by atoms with van der Waals surface area (Å²) in [4.78, 5) is 26.9. The molecular formula is C13H18N2O4S. The summed E-state index contributed by atoms with van der Waals surface area (Å²) in [5.41, 5.74) is 6.41. The van der Waals surface area contributed by atoms with Crippen LogP contribution in [0.1, 0.15) is 21.0 Å². The number of amides is 1. The monoisotopic (exact) mass is 298 g/mol. The quantitative estimate of drug-likeness (QED) is 0.843. The number of ether oxygens (including phenoxy) is 2. The maximum absolute atomic E-state index is 12.4. The fraction of sp³-hybridized carbons (Fsp3) is 0.538. The van der Waals surface area contributed by atoms with Gasteiger partial charge in [-0.1, -0.05) is 0 Å². The molecule has 20 heavy (non-hydrogen) atoms. The van der Waals surface area contributed by atoms with Crippen LogP contribution in [-0.2, 0) is 14.3 Å². The van der Waals surface area contributed by atoms with Crippen LogP contribution in [0.25, 0.3) is 0 Å². The number of anilines is 1. The molecule has 0 spiro atoms. The van der Waals surface area contributed by atoms with E-state index in [1.165, 1.54) is 18.4 Å². The Kier molecular flexibility index (Phi) is 4.61. The molecule has 0 bridgehead atoms. The molecule has 110 valence electrons. The summed E-state index contributed by atoms with van der Waals surface area (Å²) in [6, 6.07) is 1.70. The van der Waals surface area contributed by atoms with Gasteiger partial charge in [-0.2, -0.15) is 0 Å². The lowest BCUT2D eigenvalue weighted by molar-refractivity contribution is -0.145. The van der Waals surface area contributed by atoms with Crippen LogP contribution >= 0.6 is 11.3 Å². The van der Waals surface area contributed by atoms with Gasteiger partial charge in [0, 0.05) is 23.7 Å². The van der Waals surface area contributed by atoms with Crippen molar-refractivity contribution < 1.29 is 19.1 Å². The molecule has 2 N–H and O–H groups in total. The second-order valence-corrected chi connectivity index (χ2v) is 5.90. The van der Waals surface area contributed by atoms with Crippen LogP contribution in [-0.4, -0.2) is 49.7 Å². The van der Waals surface area contributed by atoms with E-state index in [0.29, 0.717) is 30.3 Å². The van der Waals surface area contributed by atoms with Gasteiger partial charge in [0.15, 0.2) is 0 Å². The Labute approximate surface area is 121 Å². The van der Waals surface area contributed by atoms with E-state index >= 15 is 0 Å². The Morgan fingerprint density at radius 3 is 2.95 bits per heavy atom. The minimum Gasteiger partial charge on any atom is -0.469 e. The van der Waals surface area contributed by atoms with Crippen molar-refractivity contribution in [2.45, 2.75) is 19.4 Å². The summed E-state index contributed by atoms with van der Waals surface area (Å²) in [5, 5.41) is 0. The molecule has 1 unspecified atom stereocenters. The van der Waals surface area contributed by atoms with Crippen molar-refractivity contribution in [3.8, 4) is 0 Å². The third kappa shape index (κ3) is 3.29. The van der Waals surface area contributed by atoms with Gasteiger partial charge < -0.3 is 20.1 Å². The van der Waals surface area contributed by atoms with Crippen molar-refractivity contribution in [1.29, 1.82) is 0 Å². The maximum atomic E-state index is 12.4. The zero-order chi connectivity index (χ0) is 14.7. The van der Waals surface area contributed by atoms with Crippen LogP contribution in [0, 0.1) is 6.92 Å². The molecule has 1 aliphatic rings. The van der Waals surface area contributed by atoms with E-state index in [1.54, 1.807) is 11.0 Å². The van der Waals surface area contributed by atoms with Crippen molar-refractivity contribution in [1.82, 2.24) is 4.90 Å². The number of carbonyl (C=O) groups is 2. The summed E-state index contributed by atoms with van der Waals surface area (Å²) in [6.07, 6.45) is -0.148. The predicted octanol–water partition coefficient (Wildman–Crippen LogP) is 1.04. The van der Waals surface area contributed by atoms with Crippen LogP contribution < -0.4 is 5.73 Å². The van der Waals surface area contributed by atoms with E-state index in [4.69, 9.17) is 10.5 Å². The van der Waals surface area contributed by atoms with Crippen LogP contribution in [0.5, 0.6) is 0 Å². The standard InChI is InChI=1S/C13H18N2O4S/c1-8-10(14)6-11(20-8)13(17)15-3-4-19-9(7-15)5-12(16)18-2/h6,9H,3-5,7,14H2,1-2H3. The molecule has 1 fully saturated rings. The highest BCUT2D eigenvalue weighted by Gasteiger charge is 2.27. The Morgan fingerprint density at radius 1 is 1.60 bits per heavy atom. The van der Waals surface area contributed by atoms with Crippen LogP contribution in [0.2, 0.25) is 0 Å². The van der Waals surface area contributed by atoms with Crippen molar-refractivity contribution in [2.24, 2.45) is 0 Å². The lowest BCUT2D eigenvalue weighted by atomic mass is 10.2. The number of carbonyl (C=O) groups excluding carboxylic acids is 2. The van der Waals surface area contributed by atoms with E-state index in [1.807, 2.05) is 6.92 Å². The number of nitrogens with two attached hydrogens (primary N) is 1. The third-order valence-corrected chi connectivity index (χ3v) is 4.27. The number of hydrogen-bond donors (Lipinski definition) is 1. The van der Waals surface area contributed by atoms with Gasteiger partial charge in [0.05, 0.1) is 31.1 Å². The van der Waals surface area contributed by atoms with E-state index in [0.717, 1.165) is 4.88 Å². The maximum Gasteiger partial charge on any atom is 0.308 e. The number of methoxy groups -OCH3 is 1. The summed E-state index contributed by atoms with van der Waals surface area (Å²) >= 11 is 1.39. The van der Waals surface area contributed by atoms with Crippen LogP contribution in [0.4, 0.5) is 5.69 Å². The molecule has 0 saturated carbocycles. The Morgan fingerprint density at radius 2 is 2.35 bits per heavy atom. The highest BCUT2D eigenvalue weighted by atomic mass is 32.1. The molecule has 1 aliphatic heterocycles. The molecule has 0 radical (unpaired) electrons. The highest BCUT2D eigenvalue weighted by molar-refractivity contribution is 7.14. The number of hydrogen-bond acceptors (Lipinski definition) is 6. The second-order valence-electron chi connectivity index (χ2n) is 4.65. The lowest BCUT2D eigenvalue weighted by Crippen LogP contribution is -2.46. The SMILES string of the molecule is COC(=O)CC1CN(C(=O)c2cc(N)c(C)s2)CCO1. The van der Waals surface area contributed by atoms with Gasteiger partial charge in [-0.05, 0) is 13.0 Å². The van der Waals surface area contributed by atoms with Crippen molar-refractivity contribution in [2.75, 3.05) is 32.5 Å². The molecule has 1 atom stereocenters. The smallest absolute Gasteiger partial charge is 0.308 e. The largest absolute Gasteiger partial charge is 0.469 e. The van der Waals surface area contributed by atoms with Gasteiger partial charge in [0.25, 0.3) is 5.91 Å². The fourth-order valence-corrected chi connectivity index (χ4v) is 2.96. The summed E-state index contributed by atoms with van der Waals surface area (Å²) in [7, 11) is 1.34. The Balaban J connectivity index is 2.01. The molecule has 1 amide bonds. The lowest BCUT2D eigenvalue weighted by Gasteiger charge is -2.32. The molecule has 7 heteroatoms. The number of rotatable bonds is 3. The first-order valence-electron chi connectivity index (χ1n) is 6.35. The number of aryl methyl sites for hydroxylation is 1. The first-order valence-corrected chi connectivity index (χ1v) is 7.16. The second kappa shape index (κ2) is 6.23. The molecule has 6 nitrogen and oxygen atoms in total. The van der Waals surface area contributed by atoms with Crippen LogP contribution in [0.15, 0.2) is 6.07 Å². The van der Waals surface area contributed by atoms with E-state index in [-0.39, 0.29) is 24.4 Å². The zero-order valence-corrected chi connectivity index (χ0v) is 12.4. The number of thiophene rings is 1. The summed E-state index contributed by atoms with van der Waals surface area (Å²) in [5.74, 6) is -0.395. The molecular weight excluding hydrogens is 280 g/mol. The van der Waals surface area contributed by atoms with Gasteiger partial charge in [-0.3, -0.25) is 9.59 Å². The number of nitrogen functional groups attached to an aromatic ring is 1. The molecule has 1 saturated heterocycles. The number of nitrogens with zero attached hydrogens (tertiary/aromatic N) is 1. The van der Waals surface area contributed by atoms with Gasteiger partial charge in [0.2, 0.25) is 0 Å². The first-order chi connectivity index (χ1) is 9.51. The van der Waals surface area contributed by atoms with Gasteiger partial charge in [-0.25, -0.2) is 0 Å². The minimum absolute atomic E-state index is 0.0621. The molecule has 1 aromatic heterocycles. The molecule has 1 aromatic rings. The van der Waals surface area contributed by atoms with Gasteiger partial charge in [0.1, 0.15) is 0 Å². The first kappa shape index (κ1) is 14.8. The molecule has 2 rings (SSSR count). The molecule has 0 aliphatic carbocycles.